The number of aryl methyl sites for hydroxylation is 1. The van der Waals surface area contributed by atoms with Gasteiger partial charge in [0.1, 0.15) is 23.1 Å². The van der Waals surface area contributed by atoms with Gasteiger partial charge in [0, 0.05) is 68.4 Å². The van der Waals surface area contributed by atoms with Gasteiger partial charge in [0.25, 0.3) is 0 Å². The lowest BCUT2D eigenvalue weighted by Gasteiger charge is -2.40. The Morgan fingerprint density at radius 3 is 2.08 bits per heavy atom. The van der Waals surface area contributed by atoms with Crippen LogP contribution in [-0.2, 0) is 27.2 Å². The summed E-state index contributed by atoms with van der Waals surface area (Å²) in [5.41, 5.74) is 2.58. The number of rotatable bonds is 12. The fourth-order valence-corrected chi connectivity index (χ4v) is 9.21. The van der Waals surface area contributed by atoms with Gasteiger partial charge in [-0.25, -0.2) is 14.6 Å². The standard InChI is InChI=1S/C47H60Cl3N5O6/c1-29-22-39(49)42(40(50)23-29)59-35-17-19-52(27-35)41-15-9-31(25-51-41)36-18-20-53(44(57)60-46(2,3)4)28-37(36)43(56)55(34-12-13-34)26-32-24-30(8-14-38(32)48)16-21-54(33-10-11-33)45(58)61-47(5,6)7/h8-9,14-15,22-25,33-37H,10-13,16-21,26-28H2,1-7H3/t35-,36?,37?/m1/s1. The highest BCUT2D eigenvalue weighted by Crippen LogP contribution is 2.40. The maximum atomic E-state index is 15.0. The van der Waals surface area contributed by atoms with Crippen LogP contribution in [0.25, 0.3) is 0 Å². The molecular formula is C47H60Cl3N5O6. The van der Waals surface area contributed by atoms with Crippen LogP contribution in [0, 0.1) is 12.8 Å². The molecule has 3 atom stereocenters. The van der Waals surface area contributed by atoms with Gasteiger partial charge in [0.15, 0.2) is 5.75 Å². The van der Waals surface area contributed by atoms with Crippen molar-refractivity contribution < 1.29 is 28.6 Å². The molecule has 0 spiro atoms. The molecule has 4 fully saturated rings. The van der Waals surface area contributed by atoms with Crippen LogP contribution in [0.2, 0.25) is 15.1 Å². The summed E-state index contributed by atoms with van der Waals surface area (Å²) >= 11 is 19.8. The second-order valence-electron chi connectivity index (χ2n) is 19.2. The SMILES string of the molecule is Cc1cc(Cl)c(O[C@@H]2CCN(c3ccc(C4CCN(C(=O)OC(C)(C)C)CC4C(=O)N(Cc4cc(CCN(C(=O)OC(C)(C)C)C5CC5)ccc4Cl)C4CC4)cn3)C2)c(Cl)c1. The minimum atomic E-state index is -0.671. The molecule has 2 saturated carbocycles. The zero-order valence-corrected chi connectivity index (χ0v) is 38.8. The number of ether oxygens (including phenoxy) is 3. The molecule has 2 aromatic carbocycles. The van der Waals surface area contributed by atoms with Crippen LogP contribution < -0.4 is 9.64 Å². The molecule has 3 aromatic rings. The van der Waals surface area contributed by atoms with Crippen molar-refractivity contribution in [1.82, 2.24) is 19.7 Å². The number of halogens is 3. The first-order chi connectivity index (χ1) is 28.8. The van der Waals surface area contributed by atoms with E-state index in [2.05, 4.69) is 17.0 Å². The van der Waals surface area contributed by atoms with Crippen LogP contribution in [0.3, 0.4) is 0 Å². The Bertz CT molecular complexity index is 2060. The highest BCUT2D eigenvalue weighted by Gasteiger charge is 2.44. The smallest absolute Gasteiger partial charge is 0.410 e. The molecule has 0 radical (unpaired) electrons. The average Bonchev–Trinajstić information content (AvgIpc) is 4.13. The van der Waals surface area contributed by atoms with Crippen molar-refractivity contribution >= 4 is 58.7 Å². The third-order valence-corrected chi connectivity index (χ3v) is 12.6. The lowest BCUT2D eigenvalue weighted by atomic mass is 9.80. The van der Waals surface area contributed by atoms with Crippen molar-refractivity contribution in [2.24, 2.45) is 5.92 Å². The molecule has 2 aliphatic heterocycles. The van der Waals surface area contributed by atoms with E-state index in [9.17, 15) is 9.59 Å². The molecule has 7 rings (SSSR count). The number of carbonyl (C=O) groups is 3. The number of likely N-dealkylation sites (tertiary alicyclic amines) is 1. The molecule has 3 amide bonds. The minimum absolute atomic E-state index is 0.0101. The van der Waals surface area contributed by atoms with Crippen molar-refractivity contribution in [3.63, 3.8) is 0 Å². The number of aromatic nitrogens is 1. The third-order valence-electron chi connectivity index (χ3n) is 11.7. The van der Waals surface area contributed by atoms with Crippen LogP contribution in [-0.4, -0.2) is 99.9 Å². The topological polar surface area (TPSA) is 105 Å². The number of pyridine rings is 1. The number of nitrogens with zero attached hydrogens (tertiary/aromatic N) is 5. The lowest BCUT2D eigenvalue weighted by Crippen LogP contribution is -2.51. The monoisotopic (exact) mass is 895 g/mol. The summed E-state index contributed by atoms with van der Waals surface area (Å²) in [5, 5.41) is 1.58. The fourth-order valence-electron chi connectivity index (χ4n) is 8.35. The van der Waals surface area contributed by atoms with Crippen LogP contribution in [0.4, 0.5) is 15.4 Å². The predicted octanol–water partition coefficient (Wildman–Crippen LogP) is 10.5. The first-order valence-corrected chi connectivity index (χ1v) is 22.8. The highest BCUT2D eigenvalue weighted by atomic mass is 35.5. The molecule has 0 N–H and O–H groups in total. The fraction of sp³-hybridized carbons (Fsp3) is 0.574. The number of hydrogen-bond donors (Lipinski definition) is 0. The first-order valence-electron chi connectivity index (χ1n) is 21.7. The van der Waals surface area contributed by atoms with Gasteiger partial charge >= 0.3 is 12.2 Å². The summed E-state index contributed by atoms with van der Waals surface area (Å²) < 4.78 is 17.8. The van der Waals surface area contributed by atoms with E-state index in [0.717, 1.165) is 66.7 Å². The number of benzene rings is 2. The number of anilines is 1. The molecule has 3 heterocycles. The first kappa shape index (κ1) is 45.1. The molecule has 2 unspecified atom stereocenters. The van der Waals surface area contributed by atoms with Crippen LogP contribution in [0.1, 0.15) is 108 Å². The highest BCUT2D eigenvalue weighted by molar-refractivity contribution is 6.37. The van der Waals surface area contributed by atoms with Crippen molar-refractivity contribution in [3.05, 3.63) is 86.0 Å². The van der Waals surface area contributed by atoms with Gasteiger partial charge in [-0.3, -0.25) is 4.79 Å². The zero-order valence-electron chi connectivity index (χ0n) is 36.5. The number of carbonyl (C=O) groups excluding carboxylic acids is 3. The Kier molecular flexibility index (Phi) is 13.6. The quantitative estimate of drug-likeness (QED) is 0.177. The van der Waals surface area contributed by atoms with Gasteiger partial charge in [-0.1, -0.05) is 53.0 Å². The molecule has 0 bridgehead atoms. The molecule has 14 heteroatoms. The van der Waals surface area contributed by atoms with E-state index in [-0.39, 0.29) is 42.7 Å². The summed E-state index contributed by atoms with van der Waals surface area (Å²) in [6, 6.07) is 14.0. The predicted molar refractivity (Wildman–Crippen MR) is 240 cm³/mol. The van der Waals surface area contributed by atoms with Gasteiger partial charge in [-0.15, -0.1) is 0 Å². The van der Waals surface area contributed by atoms with Gasteiger partial charge in [0.2, 0.25) is 5.91 Å². The Labute approximate surface area is 375 Å². The van der Waals surface area contributed by atoms with Crippen molar-refractivity contribution in [1.29, 1.82) is 0 Å². The molecule has 330 valence electrons. The van der Waals surface area contributed by atoms with E-state index < -0.39 is 23.2 Å². The largest absolute Gasteiger partial charge is 0.485 e. The van der Waals surface area contributed by atoms with E-state index in [0.29, 0.717) is 59.8 Å². The molecule has 2 saturated heterocycles. The van der Waals surface area contributed by atoms with Gasteiger partial charge < -0.3 is 33.8 Å². The van der Waals surface area contributed by atoms with E-state index in [1.54, 1.807) is 4.90 Å². The summed E-state index contributed by atoms with van der Waals surface area (Å²) in [6.45, 7) is 16.1. The van der Waals surface area contributed by atoms with Crippen LogP contribution in [0.5, 0.6) is 5.75 Å². The Morgan fingerprint density at radius 2 is 1.46 bits per heavy atom. The zero-order chi connectivity index (χ0) is 43.8. The second-order valence-corrected chi connectivity index (χ2v) is 20.4. The molecule has 4 aliphatic rings. The summed E-state index contributed by atoms with van der Waals surface area (Å²) in [4.78, 5) is 54.1. The van der Waals surface area contributed by atoms with Crippen molar-refractivity contribution in [2.45, 2.75) is 135 Å². The van der Waals surface area contributed by atoms with Crippen molar-refractivity contribution in [2.75, 3.05) is 37.6 Å². The summed E-state index contributed by atoms with van der Waals surface area (Å²) in [6.07, 6.45) is 6.85. The average molecular weight is 897 g/mol. The second kappa shape index (κ2) is 18.4. The molecular weight excluding hydrogens is 837 g/mol. The number of piperidine rings is 1. The molecule has 61 heavy (non-hydrogen) atoms. The van der Waals surface area contributed by atoms with Gasteiger partial charge in [-0.05, 0) is 134 Å². The molecule has 11 nitrogen and oxygen atoms in total. The lowest BCUT2D eigenvalue weighted by molar-refractivity contribution is -0.139. The van der Waals surface area contributed by atoms with Gasteiger partial charge in [-0.2, -0.15) is 0 Å². The Balaban J connectivity index is 1.07. The Hall–Kier alpha value is -3.93. The number of amides is 3. The maximum absolute atomic E-state index is 15.0. The van der Waals surface area contributed by atoms with E-state index in [1.807, 2.05) is 94.8 Å². The van der Waals surface area contributed by atoms with Gasteiger partial charge in [0.05, 0.1) is 22.5 Å². The molecule has 1 aromatic heterocycles. The molecule has 2 aliphatic carbocycles. The number of hydrogen-bond acceptors (Lipinski definition) is 8. The van der Waals surface area contributed by atoms with Crippen molar-refractivity contribution in [3.8, 4) is 5.75 Å². The normalized spacial score (nSPS) is 20.7. The van der Waals surface area contributed by atoms with E-state index in [4.69, 9.17) is 54.0 Å². The Morgan fingerprint density at radius 1 is 0.787 bits per heavy atom. The maximum Gasteiger partial charge on any atom is 0.410 e. The summed E-state index contributed by atoms with van der Waals surface area (Å²) in [5.74, 6) is 0.626. The van der Waals surface area contributed by atoms with Crippen LogP contribution in [0.15, 0.2) is 48.7 Å². The minimum Gasteiger partial charge on any atom is -0.485 e. The van der Waals surface area contributed by atoms with E-state index in [1.165, 1.54) is 0 Å². The van der Waals surface area contributed by atoms with Crippen LogP contribution >= 0.6 is 34.8 Å². The third kappa shape index (κ3) is 11.8. The summed E-state index contributed by atoms with van der Waals surface area (Å²) in [7, 11) is 0. The van der Waals surface area contributed by atoms with E-state index >= 15 is 4.79 Å².